The number of amides is 1. The van der Waals surface area contributed by atoms with Gasteiger partial charge in [-0.1, -0.05) is 54.6 Å². The SMILES string of the molecule is C[C@@H](NC(=O)COC(=O)c1cccc2ccccc12)c1cc2ccccc2o1. The standard InChI is InChI=1S/C23H19NO4/c1-15(21-13-17-8-3-5-12-20(17)28-21)24-22(25)14-27-23(26)19-11-6-9-16-7-2-4-10-18(16)19/h2-13,15H,14H2,1H3,(H,24,25)/t15-/m1/s1. The van der Waals surface area contributed by atoms with Crippen LogP contribution in [-0.2, 0) is 9.53 Å². The molecule has 0 aliphatic heterocycles. The van der Waals surface area contributed by atoms with Crippen molar-refractivity contribution in [1.29, 1.82) is 0 Å². The molecule has 1 aromatic heterocycles. The number of esters is 1. The fourth-order valence-corrected chi connectivity index (χ4v) is 3.18. The Hall–Kier alpha value is -3.60. The molecule has 0 fully saturated rings. The summed E-state index contributed by atoms with van der Waals surface area (Å²) in [6.07, 6.45) is 0. The summed E-state index contributed by atoms with van der Waals surface area (Å²) >= 11 is 0. The number of ether oxygens (including phenoxy) is 1. The van der Waals surface area contributed by atoms with Crippen LogP contribution in [0.4, 0.5) is 0 Å². The molecule has 0 bridgehead atoms. The number of hydrogen-bond donors (Lipinski definition) is 1. The Kier molecular flexibility index (Phi) is 4.81. The lowest BCUT2D eigenvalue weighted by atomic mass is 10.1. The van der Waals surface area contributed by atoms with Gasteiger partial charge in [-0.05, 0) is 35.9 Å². The van der Waals surface area contributed by atoms with E-state index in [-0.39, 0.29) is 18.6 Å². The lowest BCUT2D eigenvalue weighted by Crippen LogP contribution is -2.31. The Morgan fingerprint density at radius 1 is 0.964 bits per heavy atom. The zero-order chi connectivity index (χ0) is 19.5. The molecule has 0 aliphatic carbocycles. The fraction of sp³-hybridized carbons (Fsp3) is 0.130. The van der Waals surface area contributed by atoms with Crippen LogP contribution < -0.4 is 5.32 Å². The van der Waals surface area contributed by atoms with E-state index < -0.39 is 5.97 Å². The van der Waals surface area contributed by atoms with Crippen molar-refractivity contribution < 1.29 is 18.7 Å². The monoisotopic (exact) mass is 373 g/mol. The van der Waals surface area contributed by atoms with E-state index in [0.717, 1.165) is 21.7 Å². The number of hydrogen-bond acceptors (Lipinski definition) is 4. The Balaban J connectivity index is 1.39. The van der Waals surface area contributed by atoms with Crippen molar-refractivity contribution in [2.75, 3.05) is 6.61 Å². The molecule has 0 radical (unpaired) electrons. The highest BCUT2D eigenvalue weighted by molar-refractivity contribution is 6.04. The normalized spacial score (nSPS) is 12.0. The lowest BCUT2D eigenvalue weighted by Gasteiger charge is -2.12. The van der Waals surface area contributed by atoms with E-state index in [1.807, 2.05) is 67.6 Å². The van der Waals surface area contributed by atoms with Crippen LogP contribution in [0.25, 0.3) is 21.7 Å². The van der Waals surface area contributed by atoms with Gasteiger partial charge in [0.25, 0.3) is 5.91 Å². The van der Waals surface area contributed by atoms with E-state index >= 15 is 0 Å². The third-order valence-electron chi connectivity index (χ3n) is 4.59. The van der Waals surface area contributed by atoms with E-state index in [9.17, 15) is 9.59 Å². The summed E-state index contributed by atoms with van der Waals surface area (Å²) < 4.78 is 11.0. The molecule has 1 N–H and O–H groups in total. The van der Waals surface area contributed by atoms with Gasteiger partial charge in [-0.2, -0.15) is 0 Å². The summed E-state index contributed by atoms with van der Waals surface area (Å²) in [6.45, 7) is 1.47. The maximum absolute atomic E-state index is 12.4. The van der Waals surface area contributed by atoms with Gasteiger partial charge < -0.3 is 14.5 Å². The van der Waals surface area contributed by atoms with Gasteiger partial charge in [0.15, 0.2) is 6.61 Å². The Bertz CT molecular complexity index is 1120. The van der Waals surface area contributed by atoms with Crippen LogP contribution in [0, 0.1) is 0 Å². The number of nitrogens with one attached hydrogen (secondary N) is 1. The van der Waals surface area contributed by atoms with Crippen LogP contribution >= 0.6 is 0 Å². The predicted octanol–water partition coefficient (Wildman–Crippen LogP) is 4.62. The van der Waals surface area contributed by atoms with Crippen molar-refractivity contribution in [3.05, 3.63) is 84.1 Å². The van der Waals surface area contributed by atoms with Crippen molar-refractivity contribution in [3.8, 4) is 0 Å². The summed E-state index contributed by atoms with van der Waals surface area (Å²) in [6, 6.07) is 22.2. The van der Waals surface area contributed by atoms with Gasteiger partial charge in [-0.3, -0.25) is 4.79 Å². The van der Waals surface area contributed by atoms with Crippen molar-refractivity contribution in [1.82, 2.24) is 5.32 Å². The maximum atomic E-state index is 12.4. The van der Waals surface area contributed by atoms with Crippen molar-refractivity contribution in [3.63, 3.8) is 0 Å². The van der Waals surface area contributed by atoms with Crippen molar-refractivity contribution >= 4 is 33.6 Å². The van der Waals surface area contributed by atoms with E-state index in [2.05, 4.69) is 5.32 Å². The van der Waals surface area contributed by atoms with E-state index in [1.165, 1.54) is 0 Å². The predicted molar refractivity (Wildman–Crippen MR) is 107 cm³/mol. The average molecular weight is 373 g/mol. The highest BCUT2D eigenvalue weighted by Gasteiger charge is 2.17. The molecule has 28 heavy (non-hydrogen) atoms. The number of para-hydroxylation sites is 1. The summed E-state index contributed by atoms with van der Waals surface area (Å²) in [4.78, 5) is 24.6. The van der Waals surface area contributed by atoms with E-state index in [4.69, 9.17) is 9.15 Å². The quantitative estimate of drug-likeness (QED) is 0.518. The molecule has 3 aromatic carbocycles. The second kappa shape index (κ2) is 7.56. The molecule has 4 aromatic rings. The second-order valence-corrected chi connectivity index (χ2v) is 6.58. The van der Waals surface area contributed by atoms with E-state index in [1.54, 1.807) is 12.1 Å². The van der Waals surface area contributed by atoms with Gasteiger partial charge in [-0.25, -0.2) is 4.79 Å². The summed E-state index contributed by atoms with van der Waals surface area (Å²) in [5, 5.41) is 5.51. The molecule has 5 heteroatoms. The average Bonchev–Trinajstić information content (AvgIpc) is 3.16. The minimum absolute atomic E-state index is 0.337. The third-order valence-corrected chi connectivity index (χ3v) is 4.59. The van der Waals surface area contributed by atoms with Gasteiger partial charge in [0.1, 0.15) is 11.3 Å². The Morgan fingerprint density at radius 2 is 1.68 bits per heavy atom. The lowest BCUT2D eigenvalue weighted by molar-refractivity contribution is -0.125. The third kappa shape index (κ3) is 3.60. The van der Waals surface area contributed by atoms with Gasteiger partial charge >= 0.3 is 5.97 Å². The number of furan rings is 1. The number of fused-ring (bicyclic) bond motifs is 2. The molecular formula is C23H19NO4. The van der Waals surface area contributed by atoms with Gasteiger partial charge in [-0.15, -0.1) is 0 Å². The first-order chi connectivity index (χ1) is 13.6. The first kappa shape index (κ1) is 17.8. The first-order valence-corrected chi connectivity index (χ1v) is 9.04. The summed E-state index contributed by atoms with van der Waals surface area (Å²) in [5.74, 6) is -0.264. The molecular weight excluding hydrogens is 354 g/mol. The molecule has 5 nitrogen and oxygen atoms in total. The largest absolute Gasteiger partial charge is 0.459 e. The molecule has 4 rings (SSSR count). The fourth-order valence-electron chi connectivity index (χ4n) is 3.18. The topological polar surface area (TPSA) is 68.5 Å². The smallest absolute Gasteiger partial charge is 0.339 e. The van der Waals surface area contributed by atoms with Crippen LogP contribution in [0.3, 0.4) is 0 Å². The summed E-state index contributed by atoms with van der Waals surface area (Å²) in [7, 11) is 0. The molecule has 0 spiro atoms. The molecule has 1 amide bonds. The minimum Gasteiger partial charge on any atom is -0.459 e. The number of benzene rings is 3. The van der Waals surface area contributed by atoms with Crippen LogP contribution in [-0.4, -0.2) is 18.5 Å². The molecule has 0 saturated carbocycles. The highest BCUT2D eigenvalue weighted by atomic mass is 16.5. The molecule has 0 unspecified atom stereocenters. The molecule has 140 valence electrons. The molecule has 0 aliphatic rings. The minimum atomic E-state index is -0.525. The van der Waals surface area contributed by atoms with Gasteiger partial charge in [0.05, 0.1) is 11.6 Å². The van der Waals surface area contributed by atoms with Crippen LogP contribution in [0.5, 0.6) is 0 Å². The van der Waals surface area contributed by atoms with Crippen LogP contribution in [0.1, 0.15) is 29.1 Å². The second-order valence-electron chi connectivity index (χ2n) is 6.58. The van der Waals surface area contributed by atoms with Gasteiger partial charge in [0, 0.05) is 5.39 Å². The zero-order valence-electron chi connectivity index (χ0n) is 15.3. The summed E-state index contributed by atoms with van der Waals surface area (Å²) in [5.41, 5.74) is 1.21. The number of carbonyl (C=O) groups is 2. The molecule has 0 saturated heterocycles. The first-order valence-electron chi connectivity index (χ1n) is 9.04. The number of carbonyl (C=O) groups excluding carboxylic acids is 2. The van der Waals surface area contributed by atoms with Gasteiger partial charge in [0.2, 0.25) is 0 Å². The van der Waals surface area contributed by atoms with Crippen molar-refractivity contribution in [2.24, 2.45) is 0 Å². The van der Waals surface area contributed by atoms with E-state index in [0.29, 0.717) is 11.3 Å². The number of rotatable bonds is 5. The highest BCUT2D eigenvalue weighted by Crippen LogP contribution is 2.23. The van der Waals surface area contributed by atoms with Crippen LogP contribution in [0.15, 0.2) is 77.2 Å². The zero-order valence-corrected chi connectivity index (χ0v) is 15.3. The van der Waals surface area contributed by atoms with Crippen molar-refractivity contribution in [2.45, 2.75) is 13.0 Å². The van der Waals surface area contributed by atoms with Crippen LogP contribution in [0.2, 0.25) is 0 Å². The molecule has 1 atom stereocenters. The Morgan fingerprint density at radius 3 is 2.50 bits per heavy atom. The maximum Gasteiger partial charge on any atom is 0.339 e. The Labute approximate surface area is 161 Å². The molecule has 1 heterocycles.